The van der Waals surface area contributed by atoms with Crippen LogP contribution < -0.4 is 4.90 Å². The SMILES string of the molecule is CC[C@@H]1CCCCN1c1ccc(-c2nc(-c3cccnc3)no2)cc1[N+](=O)[O-]. The minimum absolute atomic E-state index is 0.0685. The lowest BCUT2D eigenvalue weighted by Crippen LogP contribution is -2.39. The van der Waals surface area contributed by atoms with Crippen LogP contribution >= 0.6 is 0 Å². The minimum Gasteiger partial charge on any atom is -0.363 e. The summed E-state index contributed by atoms with van der Waals surface area (Å²) < 4.78 is 5.34. The first-order chi connectivity index (χ1) is 13.7. The number of hydrogen-bond acceptors (Lipinski definition) is 7. The zero-order valence-electron chi connectivity index (χ0n) is 15.6. The molecule has 0 spiro atoms. The summed E-state index contributed by atoms with van der Waals surface area (Å²) in [7, 11) is 0. The van der Waals surface area contributed by atoms with Crippen molar-refractivity contribution in [3.05, 3.63) is 52.8 Å². The largest absolute Gasteiger partial charge is 0.363 e. The molecular weight excluding hydrogens is 358 g/mol. The Morgan fingerprint density at radius 1 is 1.29 bits per heavy atom. The number of piperidine rings is 1. The van der Waals surface area contributed by atoms with E-state index in [4.69, 9.17) is 4.52 Å². The van der Waals surface area contributed by atoms with E-state index in [1.54, 1.807) is 24.5 Å². The van der Waals surface area contributed by atoms with Gasteiger partial charge in [-0.1, -0.05) is 12.1 Å². The topological polar surface area (TPSA) is 98.2 Å². The lowest BCUT2D eigenvalue weighted by molar-refractivity contribution is -0.384. The van der Waals surface area contributed by atoms with Gasteiger partial charge < -0.3 is 9.42 Å². The van der Waals surface area contributed by atoms with Crippen molar-refractivity contribution in [2.45, 2.75) is 38.6 Å². The van der Waals surface area contributed by atoms with Gasteiger partial charge in [-0.15, -0.1) is 0 Å². The Balaban J connectivity index is 1.69. The molecule has 0 aliphatic carbocycles. The monoisotopic (exact) mass is 379 g/mol. The molecule has 1 fully saturated rings. The van der Waals surface area contributed by atoms with Crippen molar-refractivity contribution in [3.8, 4) is 22.8 Å². The van der Waals surface area contributed by atoms with E-state index in [0.717, 1.165) is 31.4 Å². The number of nitro groups is 1. The molecule has 0 radical (unpaired) electrons. The van der Waals surface area contributed by atoms with Crippen LogP contribution in [0.1, 0.15) is 32.6 Å². The normalized spacial score (nSPS) is 16.9. The summed E-state index contributed by atoms with van der Waals surface area (Å²) in [6.45, 7) is 2.96. The molecule has 3 heterocycles. The van der Waals surface area contributed by atoms with Crippen LogP contribution in [0.2, 0.25) is 0 Å². The molecule has 0 bridgehead atoms. The highest BCUT2D eigenvalue weighted by atomic mass is 16.6. The summed E-state index contributed by atoms with van der Waals surface area (Å²) >= 11 is 0. The summed E-state index contributed by atoms with van der Waals surface area (Å²) in [5, 5.41) is 15.7. The molecule has 1 aliphatic heterocycles. The predicted molar refractivity (Wildman–Crippen MR) is 105 cm³/mol. The first kappa shape index (κ1) is 18.1. The van der Waals surface area contributed by atoms with Crippen LogP contribution in [-0.2, 0) is 0 Å². The van der Waals surface area contributed by atoms with Crippen LogP contribution in [0.4, 0.5) is 11.4 Å². The van der Waals surface area contributed by atoms with Gasteiger partial charge in [0.15, 0.2) is 0 Å². The molecule has 8 heteroatoms. The molecule has 0 unspecified atom stereocenters. The van der Waals surface area contributed by atoms with Gasteiger partial charge in [0.2, 0.25) is 5.82 Å². The van der Waals surface area contributed by atoms with E-state index < -0.39 is 0 Å². The van der Waals surface area contributed by atoms with Crippen molar-refractivity contribution in [2.75, 3.05) is 11.4 Å². The fraction of sp³-hybridized carbons (Fsp3) is 0.350. The average molecular weight is 379 g/mol. The number of hydrogen-bond donors (Lipinski definition) is 0. The molecule has 28 heavy (non-hydrogen) atoms. The van der Waals surface area contributed by atoms with Crippen LogP contribution in [0, 0.1) is 10.1 Å². The summed E-state index contributed by atoms with van der Waals surface area (Å²) in [4.78, 5) is 22.0. The Bertz CT molecular complexity index is 973. The number of aromatic nitrogens is 3. The molecule has 0 N–H and O–H groups in total. The Kier molecular flexibility index (Phi) is 5.01. The smallest absolute Gasteiger partial charge is 0.293 e. The standard InChI is InChI=1S/C20H21N5O3/c1-2-16-7-3-4-11-24(16)17-9-8-14(12-18(17)25(26)27)20-22-19(23-28-20)15-6-5-10-21-13-15/h5-6,8-10,12-13,16H,2-4,7,11H2,1H3/t16-/m1/s1. The van der Waals surface area contributed by atoms with Crippen molar-refractivity contribution in [1.29, 1.82) is 0 Å². The van der Waals surface area contributed by atoms with Crippen molar-refractivity contribution in [2.24, 2.45) is 0 Å². The second-order valence-corrected chi connectivity index (χ2v) is 6.88. The summed E-state index contributed by atoms with van der Waals surface area (Å²) in [5.41, 5.74) is 1.98. The van der Waals surface area contributed by atoms with Crippen LogP contribution in [-0.4, -0.2) is 32.6 Å². The predicted octanol–water partition coefficient (Wildman–Crippen LogP) is 4.48. The van der Waals surface area contributed by atoms with Crippen molar-refractivity contribution >= 4 is 11.4 Å². The molecule has 1 atom stereocenters. The molecule has 1 saturated heterocycles. The molecular formula is C20H21N5O3. The molecule has 0 saturated carbocycles. The number of rotatable bonds is 5. The van der Waals surface area contributed by atoms with E-state index in [0.29, 0.717) is 23.1 Å². The van der Waals surface area contributed by atoms with E-state index in [1.165, 1.54) is 12.5 Å². The highest BCUT2D eigenvalue weighted by molar-refractivity contribution is 5.72. The third-order valence-corrected chi connectivity index (χ3v) is 5.17. The van der Waals surface area contributed by atoms with Gasteiger partial charge in [0.25, 0.3) is 11.6 Å². The van der Waals surface area contributed by atoms with E-state index in [2.05, 4.69) is 26.9 Å². The zero-order valence-corrected chi connectivity index (χ0v) is 15.6. The van der Waals surface area contributed by atoms with E-state index in [-0.39, 0.29) is 16.5 Å². The fourth-order valence-electron chi connectivity index (χ4n) is 3.74. The minimum atomic E-state index is -0.335. The van der Waals surface area contributed by atoms with E-state index in [1.807, 2.05) is 12.1 Å². The molecule has 3 aromatic rings. The maximum Gasteiger partial charge on any atom is 0.293 e. The Hall–Kier alpha value is -3.29. The average Bonchev–Trinajstić information content (AvgIpc) is 3.24. The number of nitro benzene ring substituents is 1. The van der Waals surface area contributed by atoms with Gasteiger partial charge in [-0.05, 0) is 49.9 Å². The molecule has 1 aromatic carbocycles. The lowest BCUT2D eigenvalue weighted by atomic mass is 9.98. The summed E-state index contributed by atoms with van der Waals surface area (Å²) in [6.07, 6.45) is 7.55. The summed E-state index contributed by atoms with van der Waals surface area (Å²) in [6, 6.07) is 9.08. The maximum atomic E-state index is 11.8. The third kappa shape index (κ3) is 3.45. The quantitative estimate of drug-likeness (QED) is 0.476. The van der Waals surface area contributed by atoms with Crippen LogP contribution in [0.3, 0.4) is 0 Å². The van der Waals surface area contributed by atoms with Crippen molar-refractivity contribution in [3.63, 3.8) is 0 Å². The first-order valence-corrected chi connectivity index (χ1v) is 9.47. The molecule has 8 nitrogen and oxygen atoms in total. The zero-order chi connectivity index (χ0) is 19.5. The van der Waals surface area contributed by atoms with Gasteiger partial charge in [-0.2, -0.15) is 4.98 Å². The number of benzene rings is 1. The van der Waals surface area contributed by atoms with Gasteiger partial charge in [0, 0.05) is 42.2 Å². The fourth-order valence-corrected chi connectivity index (χ4v) is 3.74. The Labute approximate surface area is 162 Å². The molecule has 1 aliphatic rings. The maximum absolute atomic E-state index is 11.8. The first-order valence-electron chi connectivity index (χ1n) is 9.47. The second kappa shape index (κ2) is 7.75. The third-order valence-electron chi connectivity index (χ3n) is 5.17. The highest BCUT2D eigenvalue weighted by Gasteiger charge is 2.28. The number of nitrogens with zero attached hydrogens (tertiary/aromatic N) is 5. The van der Waals surface area contributed by atoms with Gasteiger partial charge in [-0.25, -0.2) is 0 Å². The van der Waals surface area contributed by atoms with Crippen LogP contribution in [0.15, 0.2) is 47.2 Å². The van der Waals surface area contributed by atoms with Crippen LogP contribution in [0.25, 0.3) is 22.8 Å². The number of pyridine rings is 1. The Morgan fingerprint density at radius 2 is 2.18 bits per heavy atom. The molecule has 2 aromatic heterocycles. The van der Waals surface area contributed by atoms with E-state index >= 15 is 0 Å². The molecule has 144 valence electrons. The Morgan fingerprint density at radius 3 is 2.93 bits per heavy atom. The lowest BCUT2D eigenvalue weighted by Gasteiger charge is -2.36. The van der Waals surface area contributed by atoms with Crippen LogP contribution in [0.5, 0.6) is 0 Å². The van der Waals surface area contributed by atoms with Crippen molar-refractivity contribution in [1.82, 2.24) is 15.1 Å². The molecule has 0 amide bonds. The van der Waals surface area contributed by atoms with Gasteiger partial charge in [-0.3, -0.25) is 15.1 Å². The van der Waals surface area contributed by atoms with Gasteiger partial charge in [0.05, 0.1) is 4.92 Å². The number of anilines is 1. The summed E-state index contributed by atoms with van der Waals surface area (Å²) in [5.74, 6) is 0.649. The highest BCUT2D eigenvalue weighted by Crippen LogP contribution is 2.36. The van der Waals surface area contributed by atoms with Crippen molar-refractivity contribution < 1.29 is 9.45 Å². The molecule has 4 rings (SSSR count). The second-order valence-electron chi connectivity index (χ2n) is 6.88. The van der Waals surface area contributed by atoms with Gasteiger partial charge >= 0.3 is 0 Å². The van der Waals surface area contributed by atoms with E-state index in [9.17, 15) is 10.1 Å². The van der Waals surface area contributed by atoms with Gasteiger partial charge in [0.1, 0.15) is 5.69 Å².